The molecule has 1 saturated heterocycles. The van der Waals surface area contributed by atoms with E-state index in [1.807, 2.05) is 0 Å². The molecule has 0 aliphatic carbocycles. The summed E-state index contributed by atoms with van der Waals surface area (Å²) < 4.78 is 46.1. The van der Waals surface area contributed by atoms with Gasteiger partial charge in [0, 0.05) is 18.0 Å². The maximum absolute atomic E-state index is 11.4. The summed E-state index contributed by atoms with van der Waals surface area (Å²) in [6.07, 6.45) is 2.25. The average molecular weight is 342 g/mol. The Morgan fingerprint density at radius 3 is 2.53 bits per heavy atom. The maximum atomic E-state index is 11.4. The van der Waals surface area contributed by atoms with Crippen LogP contribution in [0.5, 0.6) is 0 Å². The standard InChI is InChI=1S/C10H15NO4S4/c1-11(8-2-4-18(12,13)6-8)10(16)17-9-3-5-19(14,15)7-9/h3,8H,2,4-7H2,1H3/t8-/m1/s1. The minimum Gasteiger partial charge on any atom is -0.356 e. The highest BCUT2D eigenvalue weighted by atomic mass is 32.2. The number of hydrogen-bond acceptors (Lipinski definition) is 6. The third kappa shape index (κ3) is 3.93. The molecule has 0 saturated carbocycles. The van der Waals surface area contributed by atoms with Crippen molar-refractivity contribution < 1.29 is 16.8 Å². The van der Waals surface area contributed by atoms with Gasteiger partial charge in [-0.2, -0.15) is 0 Å². The van der Waals surface area contributed by atoms with E-state index in [-0.39, 0.29) is 29.1 Å². The van der Waals surface area contributed by atoms with Crippen LogP contribution < -0.4 is 0 Å². The van der Waals surface area contributed by atoms with Gasteiger partial charge < -0.3 is 4.90 Å². The van der Waals surface area contributed by atoms with Gasteiger partial charge >= 0.3 is 0 Å². The molecule has 1 fully saturated rings. The summed E-state index contributed by atoms with van der Waals surface area (Å²) in [4.78, 5) is 2.51. The van der Waals surface area contributed by atoms with Crippen LogP contribution in [0.4, 0.5) is 0 Å². The highest BCUT2D eigenvalue weighted by molar-refractivity contribution is 8.25. The summed E-state index contributed by atoms with van der Waals surface area (Å²) in [6, 6.07) is -0.0939. The third-order valence-electron chi connectivity index (χ3n) is 3.19. The van der Waals surface area contributed by atoms with Gasteiger partial charge in [-0.05, 0) is 6.42 Å². The van der Waals surface area contributed by atoms with E-state index >= 15 is 0 Å². The molecule has 2 aliphatic heterocycles. The Kier molecular flexibility index (Phi) is 4.29. The van der Waals surface area contributed by atoms with E-state index in [0.29, 0.717) is 10.7 Å². The largest absolute Gasteiger partial charge is 0.356 e. The molecule has 108 valence electrons. The molecule has 0 N–H and O–H groups in total. The summed E-state index contributed by atoms with van der Waals surface area (Å²) in [7, 11) is -4.16. The quantitative estimate of drug-likeness (QED) is 0.675. The number of hydrogen-bond donors (Lipinski definition) is 0. The number of sulfone groups is 2. The van der Waals surface area contributed by atoms with E-state index in [0.717, 1.165) is 4.91 Å². The van der Waals surface area contributed by atoms with E-state index in [9.17, 15) is 16.8 Å². The highest BCUT2D eigenvalue weighted by Gasteiger charge is 2.32. The van der Waals surface area contributed by atoms with Gasteiger partial charge in [-0.3, -0.25) is 0 Å². The molecule has 2 rings (SSSR count). The molecular formula is C10H15NO4S4. The van der Waals surface area contributed by atoms with Gasteiger partial charge in [0.2, 0.25) is 0 Å². The predicted octanol–water partition coefficient (Wildman–Crippen LogP) is 0.436. The molecule has 2 heterocycles. The number of nitrogens with zero attached hydrogens (tertiary/aromatic N) is 1. The van der Waals surface area contributed by atoms with Crippen molar-refractivity contribution in [2.45, 2.75) is 12.5 Å². The molecule has 1 atom stereocenters. The number of thioether (sulfide) groups is 1. The zero-order valence-corrected chi connectivity index (χ0v) is 13.7. The zero-order valence-electron chi connectivity index (χ0n) is 10.4. The maximum Gasteiger partial charge on any atom is 0.158 e. The second-order valence-electron chi connectivity index (χ2n) is 4.76. The first-order valence-electron chi connectivity index (χ1n) is 5.73. The topological polar surface area (TPSA) is 71.5 Å². The SMILES string of the molecule is CN(C(=S)SC1=CCS(=O)(=O)C1)[C@@H]1CCS(=O)(=O)C1. The molecule has 2 aliphatic rings. The van der Waals surface area contributed by atoms with Crippen LogP contribution >= 0.6 is 24.0 Å². The van der Waals surface area contributed by atoms with Gasteiger partial charge in [-0.25, -0.2) is 16.8 Å². The molecule has 0 aromatic rings. The second kappa shape index (κ2) is 5.34. The van der Waals surface area contributed by atoms with E-state index in [1.54, 1.807) is 18.0 Å². The van der Waals surface area contributed by atoms with Gasteiger partial charge in [-0.15, -0.1) is 0 Å². The van der Waals surface area contributed by atoms with Gasteiger partial charge in [0.25, 0.3) is 0 Å². The Morgan fingerprint density at radius 2 is 2.05 bits per heavy atom. The Bertz CT molecular complexity index is 620. The van der Waals surface area contributed by atoms with Crippen molar-refractivity contribution in [3.05, 3.63) is 11.0 Å². The summed E-state index contributed by atoms with van der Waals surface area (Å²) in [5.41, 5.74) is 0. The Hall–Kier alpha value is -0.120. The predicted molar refractivity (Wildman–Crippen MR) is 81.7 cm³/mol. The van der Waals surface area contributed by atoms with Crippen molar-refractivity contribution in [2.75, 3.05) is 30.1 Å². The van der Waals surface area contributed by atoms with Crippen molar-refractivity contribution in [1.29, 1.82) is 0 Å². The lowest BCUT2D eigenvalue weighted by molar-refractivity contribution is 0.409. The van der Waals surface area contributed by atoms with Crippen LogP contribution in [0.25, 0.3) is 0 Å². The van der Waals surface area contributed by atoms with Crippen LogP contribution in [0.2, 0.25) is 0 Å². The first-order valence-corrected chi connectivity index (χ1v) is 10.6. The van der Waals surface area contributed by atoms with Crippen molar-refractivity contribution in [3.63, 3.8) is 0 Å². The van der Waals surface area contributed by atoms with Crippen LogP contribution in [0.3, 0.4) is 0 Å². The fourth-order valence-corrected chi connectivity index (χ4v) is 6.97. The minimum absolute atomic E-state index is 0.0363. The van der Waals surface area contributed by atoms with Crippen molar-refractivity contribution in [1.82, 2.24) is 4.90 Å². The first kappa shape index (κ1) is 15.3. The summed E-state index contributed by atoms with van der Waals surface area (Å²) in [6.45, 7) is 0. The summed E-state index contributed by atoms with van der Waals surface area (Å²) >= 11 is 6.51. The number of thiocarbonyl (C=S) groups is 1. The Morgan fingerprint density at radius 1 is 1.37 bits per heavy atom. The van der Waals surface area contributed by atoms with Crippen molar-refractivity contribution >= 4 is 48.0 Å². The zero-order chi connectivity index (χ0) is 14.3. The second-order valence-corrected chi connectivity index (χ2v) is 10.9. The lowest BCUT2D eigenvalue weighted by atomic mass is 10.2. The lowest BCUT2D eigenvalue weighted by Crippen LogP contribution is -2.35. The van der Waals surface area contributed by atoms with E-state index in [1.165, 1.54) is 11.8 Å². The molecule has 9 heteroatoms. The van der Waals surface area contributed by atoms with Crippen LogP contribution in [0, 0.1) is 0 Å². The molecule has 5 nitrogen and oxygen atoms in total. The van der Waals surface area contributed by atoms with Crippen LogP contribution in [0.15, 0.2) is 11.0 Å². The fourth-order valence-electron chi connectivity index (χ4n) is 2.04. The fraction of sp³-hybridized carbons (Fsp3) is 0.700. The minimum atomic E-state index is -2.99. The Labute approximate surface area is 123 Å². The molecule has 0 aromatic carbocycles. The lowest BCUT2D eigenvalue weighted by Gasteiger charge is -2.25. The molecule has 19 heavy (non-hydrogen) atoms. The smallest absolute Gasteiger partial charge is 0.158 e. The monoisotopic (exact) mass is 341 g/mol. The normalized spacial score (nSPS) is 28.1. The van der Waals surface area contributed by atoms with Crippen molar-refractivity contribution in [3.8, 4) is 0 Å². The van der Waals surface area contributed by atoms with Gasteiger partial charge in [-0.1, -0.05) is 30.1 Å². The van der Waals surface area contributed by atoms with Crippen molar-refractivity contribution in [2.24, 2.45) is 0 Å². The molecule has 0 unspecified atom stereocenters. The molecule has 0 bridgehead atoms. The van der Waals surface area contributed by atoms with E-state index in [2.05, 4.69) is 0 Å². The average Bonchev–Trinajstić information content (AvgIpc) is 2.80. The molecule has 0 amide bonds. The molecule has 0 aromatic heterocycles. The van der Waals surface area contributed by atoms with E-state index < -0.39 is 19.7 Å². The van der Waals surface area contributed by atoms with Crippen LogP contribution in [-0.2, 0) is 19.7 Å². The molecular weight excluding hydrogens is 326 g/mol. The van der Waals surface area contributed by atoms with Gasteiger partial charge in [0.05, 0.1) is 23.0 Å². The van der Waals surface area contributed by atoms with E-state index in [4.69, 9.17) is 12.2 Å². The number of rotatable bonds is 2. The third-order valence-corrected chi connectivity index (χ3v) is 8.12. The van der Waals surface area contributed by atoms with Gasteiger partial charge in [0.1, 0.15) is 4.32 Å². The van der Waals surface area contributed by atoms with Crippen LogP contribution in [0.1, 0.15) is 6.42 Å². The summed E-state index contributed by atoms with van der Waals surface area (Å²) in [5, 5.41) is 0. The highest BCUT2D eigenvalue weighted by Crippen LogP contribution is 2.28. The molecule has 0 spiro atoms. The van der Waals surface area contributed by atoms with Gasteiger partial charge in [0.15, 0.2) is 19.7 Å². The Balaban J connectivity index is 1.94. The first-order chi connectivity index (χ1) is 8.69. The van der Waals surface area contributed by atoms with Crippen LogP contribution in [-0.4, -0.2) is 62.2 Å². The summed E-state index contributed by atoms with van der Waals surface area (Å²) in [5.74, 6) is 0.433. The molecule has 0 radical (unpaired) electrons.